The fraction of sp³-hybridized carbons (Fsp3) is 0.714. The molecule has 98 valence electrons. The van der Waals surface area contributed by atoms with Crippen LogP contribution in [0.25, 0.3) is 0 Å². The van der Waals surface area contributed by atoms with Crippen LogP contribution in [0, 0.1) is 0 Å². The maximum Gasteiger partial charge on any atom is 0.149 e. The molecule has 0 aliphatic carbocycles. The van der Waals surface area contributed by atoms with Crippen molar-refractivity contribution in [2.45, 2.75) is 58.4 Å². The predicted octanol–water partition coefficient (Wildman–Crippen LogP) is 2.65. The first kappa shape index (κ1) is 16.0. The normalized spacial score (nSPS) is 14.8. The Balaban J connectivity index is 3.76. The zero-order valence-corrected chi connectivity index (χ0v) is 11.5. The zero-order valence-electron chi connectivity index (χ0n) is 11.5. The minimum atomic E-state index is -0.396. The van der Waals surface area contributed by atoms with Crippen LogP contribution in [0.2, 0.25) is 0 Å². The molecule has 0 rings (SSSR count). The van der Waals surface area contributed by atoms with Crippen molar-refractivity contribution in [1.82, 2.24) is 5.32 Å². The number of carbonyl (C=O) groups excluding carboxylic acids is 2. The van der Waals surface area contributed by atoms with E-state index in [-0.39, 0.29) is 11.6 Å². The third-order valence-electron chi connectivity index (χ3n) is 3.21. The highest BCUT2D eigenvalue weighted by atomic mass is 16.1. The highest BCUT2D eigenvalue weighted by Gasteiger charge is 2.26. The minimum absolute atomic E-state index is 0.181. The lowest BCUT2D eigenvalue weighted by Crippen LogP contribution is -2.46. The lowest BCUT2D eigenvalue weighted by atomic mass is 9.91. The van der Waals surface area contributed by atoms with Gasteiger partial charge in [-0.1, -0.05) is 12.2 Å². The lowest BCUT2D eigenvalue weighted by molar-refractivity contribution is -0.122. The van der Waals surface area contributed by atoms with Crippen molar-refractivity contribution >= 4 is 11.6 Å². The van der Waals surface area contributed by atoms with Crippen LogP contribution in [0.1, 0.15) is 52.9 Å². The van der Waals surface area contributed by atoms with E-state index in [2.05, 4.69) is 11.4 Å². The van der Waals surface area contributed by atoms with E-state index in [1.807, 2.05) is 20.0 Å². The Kier molecular flexibility index (Phi) is 7.72. The van der Waals surface area contributed by atoms with Crippen LogP contribution >= 0.6 is 0 Å². The van der Waals surface area contributed by atoms with E-state index < -0.39 is 5.54 Å². The molecule has 1 N–H and O–H groups in total. The van der Waals surface area contributed by atoms with E-state index in [4.69, 9.17) is 0 Å². The number of rotatable bonds is 9. The molecule has 0 saturated heterocycles. The van der Waals surface area contributed by atoms with Gasteiger partial charge in [-0.25, -0.2) is 0 Å². The first-order valence-electron chi connectivity index (χ1n) is 6.27. The first-order chi connectivity index (χ1) is 7.92. The third kappa shape index (κ3) is 7.05. The Morgan fingerprint density at radius 3 is 2.24 bits per heavy atom. The maximum absolute atomic E-state index is 11.4. The van der Waals surface area contributed by atoms with Gasteiger partial charge in [-0.2, -0.15) is 0 Å². The molecule has 0 aliphatic rings. The molecule has 0 aromatic heterocycles. The molecule has 0 saturated carbocycles. The van der Waals surface area contributed by atoms with Gasteiger partial charge in [0.2, 0.25) is 0 Å². The molecule has 0 aromatic carbocycles. The highest BCUT2D eigenvalue weighted by Crippen LogP contribution is 2.14. The minimum Gasteiger partial charge on any atom is -0.308 e. The number of likely N-dealkylation sites (N-methyl/N-ethyl adjacent to an activating group) is 1. The second-order valence-corrected chi connectivity index (χ2v) is 4.74. The summed E-state index contributed by atoms with van der Waals surface area (Å²) in [6, 6.07) is 0. The summed E-state index contributed by atoms with van der Waals surface area (Å²) < 4.78 is 0. The van der Waals surface area contributed by atoms with Crippen LogP contribution in [0.15, 0.2) is 12.2 Å². The molecule has 1 atom stereocenters. The second kappa shape index (κ2) is 8.18. The Morgan fingerprint density at radius 1 is 1.18 bits per heavy atom. The second-order valence-electron chi connectivity index (χ2n) is 4.74. The fourth-order valence-corrected chi connectivity index (χ4v) is 1.57. The Bertz CT molecular complexity index is 284. The molecule has 1 unspecified atom stereocenters. The molecule has 0 aliphatic heterocycles. The largest absolute Gasteiger partial charge is 0.308 e. The third-order valence-corrected chi connectivity index (χ3v) is 3.21. The average Bonchev–Trinajstić information content (AvgIpc) is 2.26. The van der Waals surface area contributed by atoms with Gasteiger partial charge in [0.15, 0.2) is 0 Å². The summed E-state index contributed by atoms with van der Waals surface area (Å²) in [6.07, 6.45) is 8.38. The van der Waals surface area contributed by atoms with Crippen LogP contribution in [-0.4, -0.2) is 24.2 Å². The molecule has 3 heteroatoms. The van der Waals surface area contributed by atoms with Crippen molar-refractivity contribution < 1.29 is 9.59 Å². The van der Waals surface area contributed by atoms with Crippen molar-refractivity contribution in [3.05, 3.63) is 12.2 Å². The summed E-state index contributed by atoms with van der Waals surface area (Å²) in [7, 11) is 1.82. The summed E-state index contributed by atoms with van der Waals surface area (Å²) in [5.74, 6) is 0.412. The molecule has 17 heavy (non-hydrogen) atoms. The molecule has 0 bridgehead atoms. The average molecular weight is 239 g/mol. The molecule has 3 nitrogen and oxygen atoms in total. The number of nitrogens with one attached hydrogen (secondary N) is 1. The van der Waals surface area contributed by atoms with Gasteiger partial charge in [-0.05, 0) is 53.5 Å². The summed E-state index contributed by atoms with van der Waals surface area (Å²) >= 11 is 0. The molecule has 0 radical (unpaired) electrons. The molecular weight excluding hydrogens is 214 g/mol. The number of hydrogen-bond donors (Lipinski definition) is 1. The molecule has 0 fully saturated rings. The van der Waals surface area contributed by atoms with Crippen LogP contribution in [0.3, 0.4) is 0 Å². The van der Waals surface area contributed by atoms with Crippen molar-refractivity contribution in [2.75, 3.05) is 7.05 Å². The summed E-state index contributed by atoms with van der Waals surface area (Å²) in [6.45, 7) is 5.17. The van der Waals surface area contributed by atoms with Gasteiger partial charge in [-0.3, -0.25) is 4.79 Å². The van der Waals surface area contributed by atoms with E-state index in [0.717, 1.165) is 25.7 Å². The molecular formula is C14H25NO2. The number of carbonyl (C=O) groups is 2. The van der Waals surface area contributed by atoms with Crippen molar-refractivity contribution in [3.8, 4) is 0 Å². The Hall–Kier alpha value is -0.960. The van der Waals surface area contributed by atoms with Gasteiger partial charge in [0.1, 0.15) is 11.6 Å². The SMILES string of the molecule is CNC(C)(CCC/C=C\CCC(C)=O)C(C)=O. The van der Waals surface area contributed by atoms with E-state index in [0.29, 0.717) is 6.42 Å². The molecule has 0 spiro atoms. The van der Waals surface area contributed by atoms with Crippen molar-refractivity contribution in [3.63, 3.8) is 0 Å². The van der Waals surface area contributed by atoms with Gasteiger partial charge in [0, 0.05) is 6.42 Å². The predicted molar refractivity (Wildman–Crippen MR) is 71.1 cm³/mol. The molecule has 0 amide bonds. The number of hydrogen-bond acceptors (Lipinski definition) is 3. The zero-order chi connectivity index (χ0) is 13.3. The molecule has 0 heterocycles. The van der Waals surface area contributed by atoms with E-state index >= 15 is 0 Å². The van der Waals surface area contributed by atoms with Crippen LogP contribution in [-0.2, 0) is 9.59 Å². The van der Waals surface area contributed by atoms with Gasteiger partial charge in [-0.15, -0.1) is 0 Å². The van der Waals surface area contributed by atoms with Crippen LogP contribution < -0.4 is 5.32 Å². The number of allylic oxidation sites excluding steroid dienone is 2. The van der Waals surface area contributed by atoms with Crippen LogP contribution in [0.5, 0.6) is 0 Å². The monoisotopic (exact) mass is 239 g/mol. The van der Waals surface area contributed by atoms with E-state index in [1.165, 1.54) is 0 Å². The van der Waals surface area contributed by atoms with Crippen molar-refractivity contribution in [1.29, 1.82) is 0 Å². The van der Waals surface area contributed by atoms with Crippen molar-refractivity contribution in [2.24, 2.45) is 0 Å². The first-order valence-corrected chi connectivity index (χ1v) is 6.27. The van der Waals surface area contributed by atoms with Gasteiger partial charge >= 0.3 is 0 Å². The summed E-state index contributed by atoms with van der Waals surface area (Å²) in [5, 5.41) is 3.08. The van der Waals surface area contributed by atoms with Gasteiger partial charge < -0.3 is 10.1 Å². The van der Waals surface area contributed by atoms with E-state index in [1.54, 1.807) is 13.8 Å². The number of Topliss-reactive ketones (excluding diaryl/α,β-unsaturated/α-hetero) is 2. The summed E-state index contributed by atoms with van der Waals surface area (Å²) in [4.78, 5) is 22.1. The quantitative estimate of drug-likeness (QED) is 0.497. The van der Waals surface area contributed by atoms with Gasteiger partial charge in [0.25, 0.3) is 0 Å². The Morgan fingerprint density at radius 2 is 1.76 bits per heavy atom. The standard InChI is InChI=1S/C14H25NO2/c1-12(16)10-8-6-5-7-9-11-14(3,15-4)13(2)17/h5-6,15H,7-11H2,1-4H3/b6-5-. The topological polar surface area (TPSA) is 46.2 Å². The Labute approximate surface area is 105 Å². The summed E-state index contributed by atoms with van der Waals surface area (Å²) in [5.41, 5.74) is -0.396. The highest BCUT2D eigenvalue weighted by molar-refractivity contribution is 5.85. The number of unbranched alkanes of at least 4 members (excludes halogenated alkanes) is 1. The maximum atomic E-state index is 11.4. The number of ketones is 2. The fourth-order valence-electron chi connectivity index (χ4n) is 1.57. The van der Waals surface area contributed by atoms with E-state index in [9.17, 15) is 9.59 Å². The molecule has 0 aromatic rings. The van der Waals surface area contributed by atoms with Gasteiger partial charge in [0.05, 0.1) is 5.54 Å². The lowest BCUT2D eigenvalue weighted by Gasteiger charge is -2.25. The smallest absolute Gasteiger partial charge is 0.149 e. The van der Waals surface area contributed by atoms with Crippen LogP contribution in [0.4, 0.5) is 0 Å².